The molecule has 0 radical (unpaired) electrons. The van der Waals surface area contributed by atoms with Gasteiger partial charge in [-0.05, 0) is 42.9 Å². The highest BCUT2D eigenvalue weighted by molar-refractivity contribution is 7.26. The van der Waals surface area contributed by atoms with Crippen LogP contribution in [0.25, 0.3) is 0 Å². The van der Waals surface area contributed by atoms with E-state index >= 15 is 0 Å². The molecule has 0 spiro atoms. The molecule has 2 rings (SSSR count). The molecule has 1 heterocycles. The van der Waals surface area contributed by atoms with Crippen LogP contribution in [-0.2, 0) is 12.8 Å². The summed E-state index contributed by atoms with van der Waals surface area (Å²) in [6.07, 6.45) is 5.03. The van der Waals surface area contributed by atoms with E-state index in [1.165, 1.54) is 36.8 Å². The van der Waals surface area contributed by atoms with Gasteiger partial charge in [0.2, 0.25) is 0 Å². The molecule has 3 heteroatoms. The molecule has 0 aliphatic heterocycles. The lowest BCUT2D eigenvalue weighted by atomic mass is 9.93. The normalized spacial score (nSPS) is 13.6. The molecule has 1 unspecified atom stereocenters. The van der Waals surface area contributed by atoms with E-state index in [1.54, 1.807) is 0 Å². The largest absolute Gasteiger partial charge is 0.373 e. The molecule has 0 saturated carbocycles. The van der Waals surface area contributed by atoms with Crippen LogP contribution in [0.1, 0.15) is 37.8 Å². The van der Waals surface area contributed by atoms with Gasteiger partial charge in [-0.15, -0.1) is 0 Å². The van der Waals surface area contributed by atoms with E-state index in [4.69, 9.17) is 0 Å². The third kappa shape index (κ3) is 2.92. The minimum atomic E-state index is 1.05. The van der Waals surface area contributed by atoms with Crippen molar-refractivity contribution < 1.29 is 0 Å². The molecule has 1 atom stereocenters. The molecule has 1 aromatic heterocycles. The van der Waals surface area contributed by atoms with Crippen molar-refractivity contribution >= 4 is 20.5 Å². The van der Waals surface area contributed by atoms with Gasteiger partial charge in [-0.1, -0.05) is 23.1 Å². The molecule has 0 amide bonds. The Hall–Kier alpha value is -0.620. The van der Waals surface area contributed by atoms with Crippen LogP contribution in [0.15, 0.2) is 6.07 Å². The molecular formula is C12H21N2P. The molecule has 2 nitrogen and oxygen atoms in total. The second-order valence-corrected chi connectivity index (χ2v) is 4.08. The van der Waals surface area contributed by atoms with E-state index < -0.39 is 0 Å². The summed E-state index contributed by atoms with van der Waals surface area (Å²) < 4.78 is 0. The van der Waals surface area contributed by atoms with E-state index in [0.29, 0.717) is 0 Å². The summed E-state index contributed by atoms with van der Waals surface area (Å²) in [4.78, 5) is 4.46. The number of nitrogens with one attached hydrogen (secondary N) is 1. The lowest BCUT2D eigenvalue weighted by molar-refractivity contribution is 0.685. The number of hydrogen-bond acceptors (Lipinski definition) is 2. The SMILES string of the molecule is CC.CNc1nc(P)cc2c1CCCC2. The first-order valence-electron chi connectivity index (χ1n) is 5.77. The Kier molecular flexibility index (Phi) is 5.04. The maximum atomic E-state index is 4.46. The summed E-state index contributed by atoms with van der Waals surface area (Å²) in [6.45, 7) is 4.00. The first-order valence-corrected chi connectivity index (χ1v) is 6.35. The van der Waals surface area contributed by atoms with E-state index in [2.05, 4.69) is 25.6 Å². The van der Waals surface area contributed by atoms with Crippen LogP contribution in [0.5, 0.6) is 0 Å². The number of rotatable bonds is 1. The van der Waals surface area contributed by atoms with Crippen LogP contribution in [0, 0.1) is 0 Å². The lowest BCUT2D eigenvalue weighted by Gasteiger charge is -2.18. The lowest BCUT2D eigenvalue weighted by Crippen LogP contribution is -2.13. The summed E-state index contributed by atoms with van der Waals surface area (Å²) >= 11 is 0. The van der Waals surface area contributed by atoms with Gasteiger partial charge in [0.15, 0.2) is 0 Å². The van der Waals surface area contributed by atoms with Gasteiger partial charge in [0.05, 0.1) is 5.44 Å². The Labute approximate surface area is 95.1 Å². The van der Waals surface area contributed by atoms with E-state index in [-0.39, 0.29) is 0 Å². The van der Waals surface area contributed by atoms with Gasteiger partial charge in [-0.2, -0.15) is 0 Å². The number of aromatic nitrogens is 1. The van der Waals surface area contributed by atoms with E-state index in [9.17, 15) is 0 Å². The molecule has 0 bridgehead atoms. The van der Waals surface area contributed by atoms with Crippen LogP contribution in [0.4, 0.5) is 5.82 Å². The fraction of sp³-hybridized carbons (Fsp3) is 0.583. The molecule has 0 saturated heterocycles. The number of pyridine rings is 1. The fourth-order valence-electron chi connectivity index (χ4n) is 1.97. The predicted octanol–water partition coefficient (Wildman–Crippen LogP) is 2.53. The summed E-state index contributed by atoms with van der Waals surface area (Å²) in [5, 5.41) is 3.17. The maximum Gasteiger partial charge on any atom is 0.129 e. The standard InChI is InChI=1S/C10H15N2P.C2H6/c1-11-10-8-5-3-2-4-7(8)6-9(13)12-10;1-2/h6H,2-5,13H2,1H3,(H,11,12);1-2H3. The summed E-state index contributed by atoms with van der Waals surface area (Å²) in [5.74, 6) is 1.07. The van der Waals surface area contributed by atoms with Gasteiger partial charge in [-0.3, -0.25) is 0 Å². The van der Waals surface area contributed by atoms with Crippen LogP contribution in [-0.4, -0.2) is 12.0 Å². The second kappa shape index (κ2) is 6.07. The minimum absolute atomic E-state index is 1.05. The van der Waals surface area contributed by atoms with Crippen molar-refractivity contribution in [3.8, 4) is 0 Å². The number of fused-ring (bicyclic) bond motifs is 1. The van der Waals surface area contributed by atoms with Gasteiger partial charge in [-0.25, -0.2) is 4.98 Å². The molecule has 1 aliphatic carbocycles. The van der Waals surface area contributed by atoms with Crippen molar-refractivity contribution in [2.45, 2.75) is 39.5 Å². The Bertz CT molecular complexity index is 306. The number of nitrogens with zero attached hydrogens (tertiary/aromatic N) is 1. The minimum Gasteiger partial charge on any atom is -0.373 e. The van der Waals surface area contributed by atoms with Crippen LogP contribution < -0.4 is 10.8 Å². The maximum absolute atomic E-state index is 4.46. The molecule has 1 aromatic rings. The van der Waals surface area contributed by atoms with Crippen molar-refractivity contribution in [3.05, 3.63) is 17.2 Å². The average molecular weight is 224 g/mol. The van der Waals surface area contributed by atoms with Crippen molar-refractivity contribution in [1.29, 1.82) is 0 Å². The number of aryl methyl sites for hydroxylation is 1. The third-order valence-electron chi connectivity index (χ3n) is 2.60. The van der Waals surface area contributed by atoms with Gasteiger partial charge in [0, 0.05) is 7.05 Å². The zero-order valence-electron chi connectivity index (χ0n) is 9.93. The topological polar surface area (TPSA) is 24.9 Å². The quantitative estimate of drug-likeness (QED) is 0.741. The molecule has 1 aliphatic rings. The Balaban J connectivity index is 0.000000531. The predicted molar refractivity (Wildman–Crippen MR) is 71.1 cm³/mol. The van der Waals surface area contributed by atoms with Crippen LogP contribution >= 0.6 is 9.24 Å². The Morgan fingerprint density at radius 1 is 1.27 bits per heavy atom. The van der Waals surface area contributed by atoms with Crippen molar-refractivity contribution in [1.82, 2.24) is 4.98 Å². The highest BCUT2D eigenvalue weighted by Gasteiger charge is 2.13. The number of anilines is 1. The molecule has 15 heavy (non-hydrogen) atoms. The van der Waals surface area contributed by atoms with E-state index in [1.807, 2.05) is 20.9 Å². The Morgan fingerprint density at radius 3 is 2.60 bits per heavy atom. The molecule has 84 valence electrons. The van der Waals surface area contributed by atoms with Gasteiger partial charge in [0.25, 0.3) is 0 Å². The van der Waals surface area contributed by atoms with Crippen LogP contribution in [0.2, 0.25) is 0 Å². The molecule has 0 fully saturated rings. The highest BCUT2D eigenvalue weighted by atomic mass is 31.0. The highest BCUT2D eigenvalue weighted by Crippen LogP contribution is 2.25. The Morgan fingerprint density at radius 2 is 1.93 bits per heavy atom. The molecular weight excluding hydrogens is 203 g/mol. The summed E-state index contributed by atoms with van der Waals surface area (Å²) in [5.41, 5.74) is 3.96. The smallest absolute Gasteiger partial charge is 0.129 e. The van der Waals surface area contributed by atoms with Gasteiger partial charge >= 0.3 is 0 Å². The first kappa shape index (κ1) is 12.4. The first-order chi connectivity index (χ1) is 7.31. The second-order valence-electron chi connectivity index (χ2n) is 3.49. The van der Waals surface area contributed by atoms with Gasteiger partial charge in [0.1, 0.15) is 5.82 Å². The molecule has 0 aromatic carbocycles. The van der Waals surface area contributed by atoms with Crippen molar-refractivity contribution in [3.63, 3.8) is 0 Å². The van der Waals surface area contributed by atoms with Gasteiger partial charge < -0.3 is 5.32 Å². The monoisotopic (exact) mass is 224 g/mol. The van der Waals surface area contributed by atoms with Crippen LogP contribution in [0.3, 0.4) is 0 Å². The third-order valence-corrected chi connectivity index (χ3v) is 2.89. The van der Waals surface area contributed by atoms with Crippen molar-refractivity contribution in [2.75, 3.05) is 12.4 Å². The summed E-state index contributed by atoms with van der Waals surface area (Å²) in [7, 11) is 4.62. The zero-order chi connectivity index (χ0) is 11.3. The summed E-state index contributed by atoms with van der Waals surface area (Å²) in [6, 6.07) is 2.19. The zero-order valence-corrected chi connectivity index (χ0v) is 11.1. The fourth-order valence-corrected chi connectivity index (χ4v) is 2.30. The van der Waals surface area contributed by atoms with E-state index in [0.717, 1.165) is 11.3 Å². The molecule has 1 N–H and O–H groups in total. The number of hydrogen-bond donors (Lipinski definition) is 1. The average Bonchev–Trinajstić information content (AvgIpc) is 2.30. The van der Waals surface area contributed by atoms with Crippen molar-refractivity contribution in [2.24, 2.45) is 0 Å².